The number of hydrogen-bond donors (Lipinski definition) is 0. The number of hydrogen-bond acceptors (Lipinski definition) is 2. The van der Waals surface area contributed by atoms with Crippen molar-refractivity contribution in [2.45, 2.75) is 32.6 Å². The van der Waals surface area contributed by atoms with Crippen molar-refractivity contribution in [3.05, 3.63) is 100 Å². The number of aryl methyl sites for hydroxylation is 1. The molecule has 0 radical (unpaired) electrons. The van der Waals surface area contributed by atoms with Crippen LogP contribution >= 0.6 is 0 Å². The van der Waals surface area contributed by atoms with Gasteiger partial charge in [0.1, 0.15) is 17.4 Å². The van der Waals surface area contributed by atoms with Crippen LogP contribution in [0.4, 0.5) is 17.6 Å². The zero-order valence-electron chi connectivity index (χ0n) is 17.4. The lowest BCUT2D eigenvalue weighted by atomic mass is 10.0. The van der Waals surface area contributed by atoms with E-state index in [1.807, 2.05) is 0 Å². The van der Waals surface area contributed by atoms with Gasteiger partial charge >= 0.3 is 5.97 Å². The molecule has 0 atom stereocenters. The molecule has 2 nitrogen and oxygen atoms in total. The average molecular weight is 440 g/mol. The van der Waals surface area contributed by atoms with Gasteiger partial charge in [0.25, 0.3) is 0 Å². The van der Waals surface area contributed by atoms with Crippen molar-refractivity contribution in [1.82, 2.24) is 0 Å². The standard InChI is InChI=1S/C26H20F4O2/c1-2-3-4-5-18-14-23(28)21(24(29)15-18)12-8-17-6-9-19(10-7-17)26(31)32-20-11-13-22(27)25(30)16-20/h6-7,9-11,13-16H,2-5H2,1H3. The number of carbonyl (C=O) groups is 1. The van der Waals surface area contributed by atoms with E-state index in [4.69, 9.17) is 4.74 Å². The molecule has 164 valence electrons. The Morgan fingerprint density at radius 1 is 0.812 bits per heavy atom. The van der Waals surface area contributed by atoms with Crippen LogP contribution in [-0.4, -0.2) is 5.97 Å². The highest BCUT2D eigenvalue weighted by molar-refractivity contribution is 5.91. The number of benzene rings is 3. The van der Waals surface area contributed by atoms with E-state index in [0.717, 1.165) is 37.5 Å². The molecular formula is C26H20F4O2. The molecule has 0 aliphatic carbocycles. The van der Waals surface area contributed by atoms with Crippen molar-refractivity contribution >= 4 is 5.97 Å². The Bertz CT molecular complexity index is 1150. The zero-order valence-corrected chi connectivity index (χ0v) is 17.4. The minimum atomic E-state index is -1.13. The van der Waals surface area contributed by atoms with Crippen molar-refractivity contribution in [2.75, 3.05) is 0 Å². The van der Waals surface area contributed by atoms with Gasteiger partial charge in [-0.05, 0) is 66.9 Å². The molecule has 0 aliphatic heterocycles. The summed E-state index contributed by atoms with van der Waals surface area (Å²) in [6.07, 6.45) is 3.49. The lowest BCUT2D eigenvalue weighted by molar-refractivity contribution is 0.0734. The quantitative estimate of drug-likeness (QED) is 0.142. The Balaban J connectivity index is 1.70. The molecule has 0 unspecified atom stereocenters. The molecule has 3 rings (SSSR count). The predicted molar refractivity (Wildman–Crippen MR) is 113 cm³/mol. The first-order chi connectivity index (χ1) is 15.4. The Kier molecular flexibility index (Phi) is 7.67. The minimum absolute atomic E-state index is 0.137. The van der Waals surface area contributed by atoms with Gasteiger partial charge < -0.3 is 4.74 Å². The summed E-state index contributed by atoms with van der Waals surface area (Å²) < 4.78 is 59.8. The van der Waals surface area contributed by atoms with Gasteiger partial charge in [-0.1, -0.05) is 31.6 Å². The third-order valence-corrected chi connectivity index (χ3v) is 4.72. The highest BCUT2D eigenvalue weighted by Crippen LogP contribution is 2.18. The van der Waals surface area contributed by atoms with Gasteiger partial charge in [0, 0.05) is 11.6 Å². The molecule has 32 heavy (non-hydrogen) atoms. The fourth-order valence-corrected chi connectivity index (χ4v) is 3.00. The maximum atomic E-state index is 14.3. The largest absolute Gasteiger partial charge is 0.423 e. The first kappa shape index (κ1) is 23.1. The van der Waals surface area contributed by atoms with Gasteiger partial charge in [0.2, 0.25) is 0 Å². The van der Waals surface area contributed by atoms with Gasteiger partial charge in [-0.25, -0.2) is 22.4 Å². The third kappa shape index (κ3) is 5.98. The van der Waals surface area contributed by atoms with Crippen LogP contribution in [0.3, 0.4) is 0 Å². The third-order valence-electron chi connectivity index (χ3n) is 4.72. The lowest BCUT2D eigenvalue weighted by Gasteiger charge is -2.05. The normalized spacial score (nSPS) is 10.4. The van der Waals surface area contributed by atoms with E-state index in [-0.39, 0.29) is 16.9 Å². The highest BCUT2D eigenvalue weighted by Gasteiger charge is 2.11. The summed E-state index contributed by atoms with van der Waals surface area (Å²) in [5, 5.41) is 0. The fourth-order valence-electron chi connectivity index (χ4n) is 3.00. The van der Waals surface area contributed by atoms with Crippen molar-refractivity contribution in [3.8, 4) is 17.6 Å². The van der Waals surface area contributed by atoms with Crippen molar-refractivity contribution in [1.29, 1.82) is 0 Å². The van der Waals surface area contributed by atoms with Crippen LogP contribution in [0.25, 0.3) is 0 Å². The molecule has 0 heterocycles. The van der Waals surface area contributed by atoms with Crippen LogP contribution in [0.15, 0.2) is 54.6 Å². The van der Waals surface area contributed by atoms with E-state index in [1.165, 1.54) is 36.4 Å². The molecule has 3 aromatic rings. The molecule has 0 amide bonds. The highest BCUT2D eigenvalue weighted by atomic mass is 19.2. The van der Waals surface area contributed by atoms with Gasteiger partial charge in [0.15, 0.2) is 11.6 Å². The molecule has 0 N–H and O–H groups in total. The van der Waals surface area contributed by atoms with Crippen molar-refractivity contribution in [3.63, 3.8) is 0 Å². The maximum Gasteiger partial charge on any atom is 0.343 e. The van der Waals surface area contributed by atoms with E-state index >= 15 is 0 Å². The average Bonchev–Trinajstić information content (AvgIpc) is 2.76. The summed E-state index contributed by atoms with van der Waals surface area (Å²) >= 11 is 0. The first-order valence-corrected chi connectivity index (χ1v) is 10.1. The Labute approximate surface area is 183 Å². The number of esters is 1. The molecule has 3 aromatic carbocycles. The molecule has 0 aromatic heterocycles. The second-order valence-electron chi connectivity index (χ2n) is 7.18. The number of carbonyl (C=O) groups excluding carboxylic acids is 1. The van der Waals surface area contributed by atoms with Gasteiger partial charge in [-0.3, -0.25) is 0 Å². The molecular weight excluding hydrogens is 420 g/mol. The van der Waals surface area contributed by atoms with Crippen LogP contribution in [0.1, 0.15) is 53.2 Å². The van der Waals surface area contributed by atoms with Gasteiger partial charge in [0.05, 0.1) is 11.1 Å². The second kappa shape index (κ2) is 10.6. The van der Waals surface area contributed by atoms with Crippen LogP contribution in [0, 0.1) is 35.1 Å². The molecule has 6 heteroatoms. The van der Waals surface area contributed by atoms with Crippen LogP contribution in [0.5, 0.6) is 5.75 Å². The number of halogens is 4. The van der Waals surface area contributed by atoms with Gasteiger partial charge in [-0.2, -0.15) is 0 Å². The van der Waals surface area contributed by atoms with E-state index in [2.05, 4.69) is 18.8 Å². The Morgan fingerprint density at radius 3 is 2.12 bits per heavy atom. The predicted octanol–water partition coefficient (Wildman–Crippen LogP) is 6.59. The summed E-state index contributed by atoms with van der Waals surface area (Å²) in [6.45, 7) is 2.06. The summed E-state index contributed by atoms with van der Waals surface area (Å²) in [5.74, 6) is 0.656. The SMILES string of the molecule is CCCCCc1cc(F)c(C#Cc2ccc(C(=O)Oc3ccc(F)c(F)c3)cc2)c(F)c1. The van der Waals surface area contributed by atoms with Gasteiger partial charge in [-0.15, -0.1) is 0 Å². The Morgan fingerprint density at radius 2 is 1.50 bits per heavy atom. The van der Waals surface area contributed by atoms with E-state index in [9.17, 15) is 22.4 Å². The summed E-state index contributed by atoms with van der Waals surface area (Å²) in [6, 6.07) is 11.2. The summed E-state index contributed by atoms with van der Waals surface area (Å²) in [4.78, 5) is 12.1. The second-order valence-corrected chi connectivity index (χ2v) is 7.18. The number of rotatable bonds is 6. The summed E-state index contributed by atoms with van der Waals surface area (Å²) in [5.41, 5.74) is 0.864. The summed E-state index contributed by atoms with van der Waals surface area (Å²) in [7, 11) is 0. The van der Waals surface area contributed by atoms with E-state index in [1.54, 1.807) is 0 Å². The monoisotopic (exact) mass is 440 g/mol. The minimum Gasteiger partial charge on any atom is -0.423 e. The van der Waals surface area contributed by atoms with Crippen LogP contribution < -0.4 is 4.74 Å². The van der Waals surface area contributed by atoms with Crippen molar-refractivity contribution < 1.29 is 27.1 Å². The number of unbranched alkanes of at least 4 members (excludes halogenated alkanes) is 2. The zero-order chi connectivity index (χ0) is 23.1. The molecule has 0 spiro atoms. The molecule has 0 bridgehead atoms. The smallest absolute Gasteiger partial charge is 0.343 e. The van der Waals surface area contributed by atoms with Crippen LogP contribution in [-0.2, 0) is 6.42 Å². The molecule has 0 fully saturated rings. The molecule has 0 saturated heterocycles. The van der Waals surface area contributed by atoms with E-state index < -0.39 is 29.2 Å². The van der Waals surface area contributed by atoms with E-state index in [0.29, 0.717) is 17.5 Å². The van der Waals surface area contributed by atoms with Crippen LogP contribution in [0.2, 0.25) is 0 Å². The maximum absolute atomic E-state index is 14.3. The fraction of sp³-hybridized carbons (Fsp3) is 0.192. The molecule has 0 saturated carbocycles. The topological polar surface area (TPSA) is 26.3 Å². The number of ether oxygens (including phenoxy) is 1. The Hall–Kier alpha value is -3.59. The first-order valence-electron chi connectivity index (χ1n) is 10.1. The molecule has 0 aliphatic rings. The van der Waals surface area contributed by atoms with Crippen molar-refractivity contribution in [2.24, 2.45) is 0 Å². The lowest BCUT2D eigenvalue weighted by Crippen LogP contribution is -2.08.